The second kappa shape index (κ2) is 7.10. The molecule has 128 valence electrons. The predicted molar refractivity (Wildman–Crippen MR) is 99.7 cm³/mol. The summed E-state index contributed by atoms with van der Waals surface area (Å²) in [6.07, 6.45) is 9.92. The summed E-state index contributed by atoms with van der Waals surface area (Å²) < 4.78 is 6.39. The third kappa shape index (κ3) is 3.41. The standard InChI is InChI=1S/C21H28N2O/c1-16-15-21(19-9-5-6-10-20(19)22-16)23-13-11-18(12-14-23)24-17-7-3-2-4-8-17/h5-6,9-10,15,17-18H,2-4,7-8,11-14H2,1H3. The topological polar surface area (TPSA) is 25.4 Å². The molecular formula is C21H28N2O. The van der Waals surface area contributed by atoms with Gasteiger partial charge in [0.25, 0.3) is 0 Å². The van der Waals surface area contributed by atoms with Crippen molar-refractivity contribution in [3.05, 3.63) is 36.0 Å². The number of pyridine rings is 1. The molecule has 1 aliphatic carbocycles. The number of aryl methyl sites for hydroxylation is 1. The number of ether oxygens (including phenoxy) is 1. The van der Waals surface area contributed by atoms with Crippen molar-refractivity contribution in [2.75, 3.05) is 18.0 Å². The number of piperidine rings is 1. The zero-order valence-corrected chi connectivity index (χ0v) is 14.7. The van der Waals surface area contributed by atoms with E-state index in [1.54, 1.807) is 0 Å². The van der Waals surface area contributed by atoms with Gasteiger partial charge in [-0.05, 0) is 44.7 Å². The second-order valence-corrected chi connectivity index (χ2v) is 7.38. The highest BCUT2D eigenvalue weighted by atomic mass is 16.5. The van der Waals surface area contributed by atoms with E-state index in [-0.39, 0.29) is 0 Å². The van der Waals surface area contributed by atoms with Crippen LogP contribution in [0.3, 0.4) is 0 Å². The van der Waals surface area contributed by atoms with Crippen LogP contribution in [0.2, 0.25) is 0 Å². The van der Waals surface area contributed by atoms with Crippen molar-refractivity contribution in [3.8, 4) is 0 Å². The predicted octanol–water partition coefficient (Wildman–Crippen LogP) is 4.86. The first-order chi connectivity index (χ1) is 11.8. The molecule has 2 fully saturated rings. The fourth-order valence-electron chi connectivity index (χ4n) is 4.25. The average Bonchev–Trinajstić information content (AvgIpc) is 2.62. The molecule has 4 rings (SSSR count). The second-order valence-electron chi connectivity index (χ2n) is 7.38. The SMILES string of the molecule is Cc1cc(N2CCC(OC3CCCCC3)CC2)c2ccccc2n1. The van der Waals surface area contributed by atoms with E-state index < -0.39 is 0 Å². The smallest absolute Gasteiger partial charge is 0.0726 e. The maximum atomic E-state index is 6.39. The molecule has 1 aromatic heterocycles. The molecule has 0 bridgehead atoms. The summed E-state index contributed by atoms with van der Waals surface area (Å²) in [6.45, 7) is 4.27. The Morgan fingerprint density at radius 1 is 0.958 bits per heavy atom. The van der Waals surface area contributed by atoms with Crippen LogP contribution in [-0.2, 0) is 4.74 Å². The highest BCUT2D eigenvalue weighted by Gasteiger charge is 2.25. The van der Waals surface area contributed by atoms with Gasteiger partial charge in [0.1, 0.15) is 0 Å². The average molecular weight is 324 g/mol. The largest absolute Gasteiger partial charge is 0.375 e. The minimum absolute atomic E-state index is 0.457. The fourth-order valence-corrected chi connectivity index (χ4v) is 4.25. The first-order valence-electron chi connectivity index (χ1n) is 9.56. The van der Waals surface area contributed by atoms with Gasteiger partial charge in [-0.15, -0.1) is 0 Å². The van der Waals surface area contributed by atoms with Crippen molar-refractivity contribution < 1.29 is 4.74 Å². The molecule has 0 spiro atoms. The number of para-hydroxylation sites is 1. The monoisotopic (exact) mass is 324 g/mol. The minimum Gasteiger partial charge on any atom is -0.375 e. The molecule has 1 aliphatic heterocycles. The lowest BCUT2D eigenvalue weighted by Crippen LogP contribution is -2.39. The van der Waals surface area contributed by atoms with Crippen LogP contribution in [0.4, 0.5) is 5.69 Å². The van der Waals surface area contributed by atoms with E-state index in [1.807, 2.05) is 0 Å². The van der Waals surface area contributed by atoms with Crippen LogP contribution in [0.1, 0.15) is 50.6 Å². The molecule has 2 aromatic rings. The van der Waals surface area contributed by atoms with Gasteiger partial charge >= 0.3 is 0 Å². The summed E-state index contributed by atoms with van der Waals surface area (Å²) in [4.78, 5) is 7.20. The van der Waals surface area contributed by atoms with E-state index in [1.165, 1.54) is 43.2 Å². The van der Waals surface area contributed by atoms with Crippen LogP contribution < -0.4 is 4.90 Å². The molecule has 1 saturated heterocycles. The summed E-state index contributed by atoms with van der Waals surface area (Å²) in [5.41, 5.74) is 3.55. The summed E-state index contributed by atoms with van der Waals surface area (Å²) in [7, 11) is 0. The molecule has 1 aromatic carbocycles. The number of fused-ring (bicyclic) bond motifs is 1. The minimum atomic E-state index is 0.457. The van der Waals surface area contributed by atoms with Gasteiger partial charge in [-0.1, -0.05) is 37.5 Å². The lowest BCUT2D eigenvalue weighted by atomic mass is 9.97. The molecule has 0 radical (unpaired) electrons. The van der Waals surface area contributed by atoms with E-state index in [9.17, 15) is 0 Å². The van der Waals surface area contributed by atoms with Crippen molar-refractivity contribution in [2.24, 2.45) is 0 Å². The Hall–Kier alpha value is -1.61. The number of nitrogens with zero attached hydrogens (tertiary/aromatic N) is 2. The van der Waals surface area contributed by atoms with Crippen LogP contribution in [0.15, 0.2) is 30.3 Å². The van der Waals surface area contributed by atoms with Gasteiger partial charge in [0, 0.05) is 29.9 Å². The van der Waals surface area contributed by atoms with E-state index in [0.717, 1.165) is 37.1 Å². The van der Waals surface area contributed by atoms with Gasteiger partial charge in [-0.2, -0.15) is 0 Å². The number of hydrogen-bond acceptors (Lipinski definition) is 3. The normalized spacial score (nSPS) is 20.6. The van der Waals surface area contributed by atoms with Crippen LogP contribution in [0, 0.1) is 6.92 Å². The van der Waals surface area contributed by atoms with E-state index >= 15 is 0 Å². The molecule has 0 amide bonds. The molecular weight excluding hydrogens is 296 g/mol. The maximum absolute atomic E-state index is 6.39. The van der Waals surface area contributed by atoms with Gasteiger partial charge in [-0.25, -0.2) is 0 Å². The Morgan fingerprint density at radius 3 is 2.46 bits per heavy atom. The van der Waals surface area contributed by atoms with Crippen molar-refractivity contribution in [2.45, 2.75) is 64.1 Å². The molecule has 3 heteroatoms. The van der Waals surface area contributed by atoms with Gasteiger partial charge < -0.3 is 9.64 Å². The molecule has 2 heterocycles. The van der Waals surface area contributed by atoms with E-state index in [2.05, 4.69) is 47.1 Å². The zero-order valence-electron chi connectivity index (χ0n) is 14.7. The van der Waals surface area contributed by atoms with Gasteiger partial charge in [0.15, 0.2) is 0 Å². The van der Waals surface area contributed by atoms with Crippen molar-refractivity contribution >= 4 is 16.6 Å². The summed E-state index contributed by atoms with van der Waals surface area (Å²) >= 11 is 0. The summed E-state index contributed by atoms with van der Waals surface area (Å²) in [6, 6.07) is 10.7. The van der Waals surface area contributed by atoms with Gasteiger partial charge in [0.05, 0.1) is 17.7 Å². The lowest BCUT2D eigenvalue weighted by molar-refractivity contribution is -0.0395. The fraction of sp³-hybridized carbons (Fsp3) is 0.571. The van der Waals surface area contributed by atoms with E-state index in [0.29, 0.717) is 12.2 Å². The molecule has 1 saturated carbocycles. The van der Waals surface area contributed by atoms with Crippen LogP contribution in [0.5, 0.6) is 0 Å². The Morgan fingerprint density at radius 2 is 1.67 bits per heavy atom. The van der Waals surface area contributed by atoms with Crippen LogP contribution in [0.25, 0.3) is 10.9 Å². The Balaban J connectivity index is 1.44. The lowest BCUT2D eigenvalue weighted by Gasteiger charge is -2.36. The number of benzene rings is 1. The molecule has 2 aliphatic rings. The first-order valence-corrected chi connectivity index (χ1v) is 9.56. The summed E-state index contributed by atoms with van der Waals surface area (Å²) in [5.74, 6) is 0. The van der Waals surface area contributed by atoms with Gasteiger partial charge in [-0.3, -0.25) is 4.98 Å². The third-order valence-corrected chi connectivity index (χ3v) is 5.54. The quantitative estimate of drug-likeness (QED) is 0.806. The highest BCUT2D eigenvalue weighted by molar-refractivity contribution is 5.92. The first kappa shape index (κ1) is 15.9. The number of hydrogen-bond donors (Lipinski definition) is 0. The van der Waals surface area contributed by atoms with Crippen LogP contribution >= 0.6 is 0 Å². The van der Waals surface area contributed by atoms with E-state index in [4.69, 9.17) is 4.74 Å². The molecule has 0 atom stereocenters. The Labute approximate surface area is 145 Å². The molecule has 0 unspecified atom stereocenters. The number of rotatable bonds is 3. The molecule has 0 N–H and O–H groups in total. The molecule has 3 nitrogen and oxygen atoms in total. The zero-order chi connectivity index (χ0) is 16.4. The Kier molecular flexibility index (Phi) is 4.70. The van der Waals surface area contributed by atoms with Crippen LogP contribution in [-0.4, -0.2) is 30.3 Å². The number of aromatic nitrogens is 1. The highest BCUT2D eigenvalue weighted by Crippen LogP contribution is 2.30. The summed E-state index contributed by atoms with van der Waals surface area (Å²) in [5, 5.41) is 1.27. The molecule has 24 heavy (non-hydrogen) atoms. The number of anilines is 1. The maximum Gasteiger partial charge on any atom is 0.0726 e. The van der Waals surface area contributed by atoms with Crippen molar-refractivity contribution in [1.82, 2.24) is 4.98 Å². The van der Waals surface area contributed by atoms with Gasteiger partial charge in [0.2, 0.25) is 0 Å². The Bertz CT molecular complexity index is 685. The third-order valence-electron chi connectivity index (χ3n) is 5.54. The van der Waals surface area contributed by atoms with Crippen molar-refractivity contribution in [1.29, 1.82) is 0 Å². The van der Waals surface area contributed by atoms with Crippen molar-refractivity contribution in [3.63, 3.8) is 0 Å².